The number of rotatable bonds is 1. The van der Waals surface area contributed by atoms with Gasteiger partial charge in [-0.3, -0.25) is 4.90 Å². The predicted octanol–water partition coefficient (Wildman–Crippen LogP) is 3.00. The third-order valence-corrected chi connectivity index (χ3v) is 5.06. The lowest BCUT2D eigenvalue weighted by Gasteiger charge is -2.46. The first-order chi connectivity index (χ1) is 12.7. The van der Waals surface area contributed by atoms with Crippen LogP contribution in [0.4, 0.5) is 9.18 Å². The zero-order chi connectivity index (χ0) is 19.8. The van der Waals surface area contributed by atoms with Gasteiger partial charge < -0.3 is 14.4 Å². The summed E-state index contributed by atoms with van der Waals surface area (Å²) in [7, 11) is 0. The van der Waals surface area contributed by atoms with Gasteiger partial charge in [0, 0.05) is 26.2 Å². The Hall–Kier alpha value is -2.17. The fourth-order valence-corrected chi connectivity index (χ4v) is 3.65. The lowest BCUT2D eigenvalue weighted by Crippen LogP contribution is -2.60. The Kier molecular flexibility index (Phi) is 5.41. The highest BCUT2D eigenvalue weighted by molar-refractivity contribution is 5.68. The Morgan fingerprint density at radius 1 is 1.33 bits per heavy atom. The number of carbonyl (C=O) groups is 1. The van der Waals surface area contributed by atoms with Crippen LogP contribution in [0, 0.1) is 24.1 Å². The topological polar surface area (TPSA) is 65.8 Å². The van der Waals surface area contributed by atoms with Gasteiger partial charge in [-0.2, -0.15) is 5.26 Å². The van der Waals surface area contributed by atoms with Crippen LogP contribution in [-0.4, -0.2) is 60.3 Å². The molecule has 2 saturated heterocycles. The quantitative estimate of drug-likeness (QED) is 0.755. The zero-order valence-corrected chi connectivity index (χ0v) is 16.3. The van der Waals surface area contributed by atoms with Gasteiger partial charge in [0.2, 0.25) is 0 Å². The number of hydrogen-bond acceptors (Lipinski definition) is 5. The van der Waals surface area contributed by atoms with Crippen LogP contribution in [0.15, 0.2) is 12.1 Å². The molecule has 3 rings (SSSR count). The van der Waals surface area contributed by atoms with Crippen molar-refractivity contribution in [3.8, 4) is 6.07 Å². The third-order valence-electron chi connectivity index (χ3n) is 5.06. The van der Waals surface area contributed by atoms with Crippen molar-refractivity contribution >= 4 is 6.09 Å². The van der Waals surface area contributed by atoms with Gasteiger partial charge in [0.25, 0.3) is 0 Å². The van der Waals surface area contributed by atoms with Crippen LogP contribution in [0.25, 0.3) is 0 Å². The van der Waals surface area contributed by atoms with Crippen molar-refractivity contribution in [1.82, 2.24) is 9.80 Å². The molecule has 1 aromatic rings. The van der Waals surface area contributed by atoms with Crippen molar-refractivity contribution in [2.45, 2.75) is 45.4 Å². The number of ether oxygens (including phenoxy) is 2. The summed E-state index contributed by atoms with van der Waals surface area (Å²) in [5.74, 6) is -0.501. The summed E-state index contributed by atoms with van der Waals surface area (Å²) in [5, 5.41) is 9.18. The number of fused-ring (bicyclic) bond motifs is 1. The molecule has 2 heterocycles. The number of morpholine rings is 1. The number of piperazine rings is 1. The number of carbonyl (C=O) groups excluding carboxylic acids is 1. The van der Waals surface area contributed by atoms with Crippen molar-refractivity contribution in [1.29, 1.82) is 5.26 Å². The van der Waals surface area contributed by atoms with Crippen LogP contribution in [0.3, 0.4) is 0 Å². The second-order valence-corrected chi connectivity index (χ2v) is 8.15. The second kappa shape index (κ2) is 7.45. The molecule has 0 aromatic heterocycles. The summed E-state index contributed by atoms with van der Waals surface area (Å²) in [6.07, 6.45) is -0.501. The van der Waals surface area contributed by atoms with E-state index in [4.69, 9.17) is 9.47 Å². The minimum Gasteiger partial charge on any atom is -0.444 e. The Bertz CT molecular complexity index is 769. The van der Waals surface area contributed by atoms with Crippen molar-refractivity contribution in [2.75, 3.05) is 32.8 Å². The van der Waals surface area contributed by atoms with Gasteiger partial charge in [-0.25, -0.2) is 9.18 Å². The van der Waals surface area contributed by atoms with Crippen LogP contribution < -0.4 is 0 Å². The molecule has 0 radical (unpaired) electrons. The van der Waals surface area contributed by atoms with Crippen molar-refractivity contribution < 1.29 is 18.7 Å². The van der Waals surface area contributed by atoms with E-state index >= 15 is 0 Å². The van der Waals surface area contributed by atoms with Crippen molar-refractivity contribution in [3.05, 3.63) is 34.6 Å². The van der Waals surface area contributed by atoms with Gasteiger partial charge in [-0.05, 0) is 44.9 Å². The first kappa shape index (κ1) is 19.6. The molecule has 0 spiro atoms. The highest BCUT2D eigenvalue weighted by Crippen LogP contribution is 2.31. The number of nitrogens with zero attached hydrogens (tertiary/aromatic N) is 3. The predicted molar refractivity (Wildman–Crippen MR) is 97.7 cm³/mol. The molecule has 27 heavy (non-hydrogen) atoms. The molecule has 2 aliphatic heterocycles. The smallest absolute Gasteiger partial charge is 0.410 e. The number of nitriles is 1. The monoisotopic (exact) mass is 375 g/mol. The average molecular weight is 375 g/mol. The Morgan fingerprint density at radius 2 is 2.07 bits per heavy atom. The molecule has 7 heteroatoms. The number of amides is 1. The Labute approximate surface area is 159 Å². The van der Waals surface area contributed by atoms with E-state index < -0.39 is 11.4 Å². The maximum atomic E-state index is 13.8. The lowest BCUT2D eigenvalue weighted by molar-refractivity contribution is -0.0908. The van der Waals surface area contributed by atoms with E-state index in [2.05, 4.69) is 4.90 Å². The van der Waals surface area contributed by atoms with E-state index in [0.29, 0.717) is 31.8 Å². The molecule has 2 atom stereocenters. The fourth-order valence-electron chi connectivity index (χ4n) is 3.65. The van der Waals surface area contributed by atoms with Crippen LogP contribution in [-0.2, 0) is 9.47 Å². The highest BCUT2D eigenvalue weighted by atomic mass is 19.1. The minimum atomic E-state index is -0.513. The molecule has 0 aliphatic carbocycles. The first-order valence-electron chi connectivity index (χ1n) is 9.22. The maximum absolute atomic E-state index is 13.8. The number of hydrogen-bond donors (Lipinski definition) is 0. The van der Waals surface area contributed by atoms with Crippen LogP contribution >= 0.6 is 0 Å². The van der Waals surface area contributed by atoms with Gasteiger partial charge in [-0.1, -0.05) is 6.07 Å². The third kappa shape index (κ3) is 4.23. The van der Waals surface area contributed by atoms with Gasteiger partial charge in [0.1, 0.15) is 17.5 Å². The number of halogens is 1. The summed E-state index contributed by atoms with van der Waals surface area (Å²) in [6, 6.07) is 5.08. The van der Waals surface area contributed by atoms with E-state index in [0.717, 1.165) is 12.1 Å². The summed E-state index contributed by atoms with van der Waals surface area (Å²) < 4.78 is 25.3. The molecule has 0 bridgehead atoms. The molecule has 2 aliphatic rings. The van der Waals surface area contributed by atoms with E-state index in [1.54, 1.807) is 17.9 Å². The first-order valence-corrected chi connectivity index (χ1v) is 9.22. The van der Waals surface area contributed by atoms with Crippen LogP contribution in [0.2, 0.25) is 0 Å². The fraction of sp³-hybridized carbons (Fsp3) is 0.600. The van der Waals surface area contributed by atoms with Crippen LogP contribution in [0.1, 0.15) is 43.6 Å². The average Bonchev–Trinajstić information content (AvgIpc) is 2.60. The van der Waals surface area contributed by atoms with E-state index in [1.165, 1.54) is 6.07 Å². The SMILES string of the molecule is Cc1c([C@H]2CN3CCN(C(=O)OC(C)(C)C)C[C@@H]3CO2)ccc(F)c1C#N. The van der Waals surface area contributed by atoms with Crippen molar-refractivity contribution in [2.24, 2.45) is 0 Å². The maximum Gasteiger partial charge on any atom is 0.410 e. The van der Waals surface area contributed by atoms with Gasteiger partial charge in [0.15, 0.2) is 0 Å². The largest absolute Gasteiger partial charge is 0.444 e. The van der Waals surface area contributed by atoms with Crippen molar-refractivity contribution in [3.63, 3.8) is 0 Å². The summed E-state index contributed by atoms with van der Waals surface area (Å²) in [6.45, 7) is 10.4. The number of benzene rings is 1. The van der Waals surface area contributed by atoms with Gasteiger partial charge in [0.05, 0.1) is 24.3 Å². The standard InChI is InChI=1S/C20H26FN3O3/c1-13-15(5-6-17(21)16(13)9-22)18-11-23-7-8-24(10-14(23)12-26-18)19(25)27-20(2,3)4/h5-6,14,18H,7-8,10-12H2,1-4H3/t14-,18-/m1/s1. The molecule has 0 saturated carbocycles. The zero-order valence-electron chi connectivity index (χ0n) is 16.3. The van der Waals surface area contributed by atoms with E-state index in [9.17, 15) is 14.4 Å². The molecule has 6 nitrogen and oxygen atoms in total. The molecular weight excluding hydrogens is 349 g/mol. The molecule has 1 aromatic carbocycles. The second-order valence-electron chi connectivity index (χ2n) is 8.15. The Morgan fingerprint density at radius 3 is 2.74 bits per heavy atom. The molecule has 146 valence electrons. The normalized spacial score (nSPS) is 23.5. The van der Waals surface area contributed by atoms with Crippen LogP contribution in [0.5, 0.6) is 0 Å². The van der Waals surface area contributed by atoms with E-state index in [1.807, 2.05) is 26.8 Å². The Balaban J connectivity index is 1.67. The summed E-state index contributed by atoms with van der Waals surface area (Å²) in [5.41, 5.74) is 1.04. The molecular formula is C20H26FN3O3. The van der Waals surface area contributed by atoms with Gasteiger partial charge >= 0.3 is 6.09 Å². The summed E-state index contributed by atoms with van der Waals surface area (Å²) >= 11 is 0. The van der Waals surface area contributed by atoms with E-state index in [-0.39, 0.29) is 23.8 Å². The lowest BCUT2D eigenvalue weighted by atomic mass is 9.96. The molecule has 0 unspecified atom stereocenters. The van der Waals surface area contributed by atoms with Gasteiger partial charge in [-0.15, -0.1) is 0 Å². The molecule has 2 fully saturated rings. The molecule has 1 amide bonds. The molecule has 0 N–H and O–H groups in total. The summed E-state index contributed by atoms with van der Waals surface area (Å²) in [4.78, 5) is 16.3. The minimum absolute atomic E-state index is 0.0768. The highest BCUT2D eigenvalue weighted by Gasteiger charge is 2.37.